The van der Waals surface area contributed by atoms with Gasteiger partial charge >= 0.3 is 0 Å². The Balaban J connectivity index is 1.69. The average molecular weight is 411 g/mol. The molecule has 0 atom stereocenters. The third-order valence-electron chi connectivity index (χ3n) is 4.85. The van der Waals surface area contributed by atoms with Crippen LogP contribution < -0.4 is 0 Å². The van der Waals surface area contributed by atoms with Crippen LogP contribution >= 0.6 is 0 Å². The van der Waals surface area contributed by atoms with Gasteiger partial charge in [0.1, 0.15) is 16.5 Å². The number of sulfonamides is 1. The number of hydrogen-bond acceptors (Lipinski definition) is 5. The molecule has 3 rings (SSSR count). The maximum Gasteiger partial charge on any atom is 0.272 e. The molecule has 1 fully saturated rings. The number of benzene rings is 2. The zero-order chi connectivity index (χ0) is 20.5. The zero-order valence-electron chi connectivity index (χ0n) is 15.1. The first-order chi connectivity index (χ1) is 13.2. The molecule has 0 aliphatic carbocycles. The van der Waals surface area contributed by atoms with Crippen LogP contribution in [0.1, 0.15) is 11.1 Å². The van der Waals surface area contributed by atoms with E-state index in [1.165, 1.54) is 10.4 Å². The molecule has 28 heavy (non-hydrogen) atoms. The summed E-state index contributed by atoms with van der Waals surface area (Å²) in [6, 6.07) is 7.27. The van der Waals surface area contributed by atoms with Crippen LogP contribution in [0.3, 0.4) is 0 Å². The third-order valence-corrected chi connectivity index (χ3v) is 6.78. The van der Waals surface area contributed by atoms with Crippen LogP contribution in [-0.2, 0) is 16.6 Å². The Hall–Kier alpha value is -2.43. The van der Waals surface area contributed by atoms with Crippen molar-refractivity contribution in [2.24, 2.45) is 0 Å². The minimum atomic E-state index is -4.06. The highest BCUT2D eigenvalue weighted by atomic mass is 32.2. The summed E-state index contributed by atoms with van der Waals surface area (Å²) in [6.45, 7) is 3.21. The van der Waals surface area contributed by atoms with Gasteiger partial charge in [0.15, 0.2) is 0 Å². The van der Waals surface area contributed by atoms with E-state index >= 15 is 0 Å². The lowest BCUT2D eigenvalue weighted by atomic mass is 10.1. The SMILES string of the molecule is Cc1c(CN2CCN(S(=O)(=O)c3ccc(F)cc3F)CC2)cccc1[N+](=O)[O-]. The summed E-state index contributed by atoms with van der Waals surface area (Å²) in [6.07, 6.45) is 0. The van der Waals surface area contributed by atoms with Crippen molar-refractivity contribution in [3.63, 3.8) is 0 Å². The fourth-order valence-corrected chi connectivity index (χ4v) is 4.70. The summed E-state index contributed by atoms with van der Waals surface area (Å²) in [5.74, 6) is -1.96. The summed E-state index contributed by atoms with van der Waals surface area (Å²) in [4.78, 5) is 12.1. The molecule has 0 N–H and O–H groups in total. The molecular weight excluding hydrogens is 392 g/mol. The zero-order valence-corrected chi connectivity index (χ0v) is 16.0. The van der Waals surface area contributed by atoms with E-state index in [2.05, 4.69) is 0 Å². The molecule has 0 unspecified atom stereocenters. The maximum absolute atomic E-state index is 13.9. The van der Waals surface area contributed by atoms with Crippen LogP contribution in [0.25, 0.3) is 0 Å². The first kappa shape index (κ1) is 20.3. The average Bonchev–Trinajstić information content (AvgIpc) is 2.63. The second-order valence-electron chi connectivity index (χ2n) is 6.57. The summed E-state index contributed by atoms with van der Waals surface area (Å²) in [7, 11) is -4.06. The summed E-state index contributed by atoms with van der Waals surface area (Å²) in [5.41, 5.74) is 1.43. The maximum atomic E-state index is 13.9. The number of nitrogens with zero attached hydrogens (tertiary/aromatic N) is 3. The molecule has 1 aliphatic rings. The van der Waals surface area contributed by atoms with Crippen molar-refractivity contribution in [1.82, 2.24) is 9.21 Å². The molecule has 0 saturated carbocycles. The molecule has 0 bridgehead atoms. The van der Waals surface area contributed by atoms with Gasteiger partial charge in [-0.05, 0) is 24.6 Å². The van der Waals surface area contributed by atoms with Crippen molar-refractivity contribution in [3.05, 3.63) is 69.3 Å². The molecule has 0 amide bonds. The van der Waals surface area contributed by atoms with Crippen molar-refractivity contribution >= 4 is 15.7 Å². The number of piperazine rings is 1. The Bertz CT molecular complexity index is 1010. The molecule has 1 heterocycles. The van der Waals surface area contributed by atoms with E-state index in [0.717, 1.165) is 17.7 Å². The third kappa shape index (κ3) is 4.03. The van der Waals surface area contributed by atoms with Gasteiger partial charge in [0.25, 0.3) is 5.69 Å². The van der Waals surface area contributed by atoms with E-state index in [-0.39, 0.29) is 18.8 Å². The molecule has 1 aliphatic heterocycles. The van der Waals surface area contributed by atoms with Crippen LogP contribution in [0.5, 0.6) is 0 Å². The standard InChI is InChI=1S/C18H19F2N3O4S/c1-13-14(3-2-4-17(13)23(24)25)12-21-7-9-22(10-8-21)28(26,27)18-6-5-15(19)11-16(18)20/h2-6,11H,7-10,12H2,1H3. The first-order valence-corrected chi connectivity index (χ1v) is 10.0. The van der Waals surface area contributed by atoms with Crippen LogP contribution in [-0.4, -0.2) is 48.7 Å². The summed E-state index contributed by atoms with van der Waals surface area (Å²) in [5, 5.41) is 11.1. The smallest absolute Gasteiger partial charge is 0.272 e. The van der Waals surface area contributed by atoms with E-state index in [4.69, 9.17) is 0 Å². The Morgan fingerprint density at radius 1 is 1.11 bits per heavy atom. The van der Waals surface area contributed by atoms with Gasteiger partial charge in [-0.3, -0.25) is 15.0 Å². The highest BCUT2D eigenvalue weighted by Crippen LogP contribution is 2.24. The Morgan fingerprint density at radius 3 is 2.39 bits per heavy atom. The first-order valence-electron chi connectivity index (χ1n) is 8.60. The fraction of sp³-hybridized carbons (Fsp3) is 0.333. The molecule has 0 spiro atoms. The van der Waals surface area contributed by atoms with Crippen LogP contribution in [0.2, 0.25) is 0 Å². The lowest BCUT2D eigenvalue weighted by molar-refractivity contribution is -0.385. The van der Waals surface area contributed by atoms with E-state index < -0.39 is 31.5 Å². The van der Waals surface area contributed by atoms with Gasteiger partial charge in [-0.25, -0.2) is 17.2 Å². The molecule has 7 nitrogen and oxygen atoms in total. The normalized spacial score (nSPS) is 16.2. The molecule has 150 valence electrons. The highest BCUT2D eigenvalue weighted by molar-refractivity contribution is 7.89. The lowest BCUT2D eigenvalue weighted by Crippen LogP contribution is -2.48. The quantitative estimate of drug-likeness (QED) is 0.558. The number of nitro benzene ring substituents is 1. The van der Waals surface area contributed by atoms with Gasteiger partial charge in [-0.15, -0.1) is 0 Å². The van der Waals surface area contributed by atoms with E-state index in [9.17, 15) is 27.3 Å². The molecular formula is C18H19F2N3O4S. The van der Waals surface area contributed by atoms with Gasteiger partial charge in [0.05, 0.1) is 4.92 Å². The van der Waals surface area contributed by atoms with Crippen molar-refractivity contribution < 1.29 is 22.1 Å². The Labute approximate surface area is 161 Å². The van der Waals surface area contributed by atoms with Gasteiger partial charge in [-0.2, -0.15) is 4.31 Å². The lowest BCUT2D eigenvalue weighted by Gasteiger charge is -2.34. The minimum Gasteiger partial charge on any atom is -0.296 e. The molecule has 1 saturated heterocycles. The highest BCUT2D eigenvalue weighted by Gasteiger charge is 2.31. The topological polar surface area (TPSA) is 83.8 Å². The Kier molecular flexibility index (Phi) is 5.73. The van der Waals surface area contributed by atoms with Gasteiger partial charge in [0.2, 0.25) is 10.0 Å². The van der Waals surface area contributed by atoms with Gasteiger partial charge in [-0.1, -0.05) is 12.1 Å². The second-order valence-corrected chi connectivity index (χ2v) is 8.48. The van der Waals surface area contributed by atoms with Crippen LogP contribution in [0.15, 0.2) is 41.3 Å². The molecule has 10 heteroatoms. The fourth-order valence-electron chi connectivity index (χ4n) is 3.23. The molecule has 0 radical (unpaired) electrons. The van der Waals surface area contributed by atoms with E-state index in [1.54, 1.807) is 19.1 Å². The summed E-state index contributed by atoms with van der Waals surface area (Å²) >= 11 is 0. The predicted molar refractivity (Wildman–Crippen MR) is 98.2 cm³/mol. The van der Waals surface area contributed by atoms with Gasteiger partial charge < -0.3 is 0 Å². The molecule has 0 aromatic heterocycles. The van der Waals surface area contributed by atoms with Crippen molar-refractivity contribution in [2.45, 2.75) is 18.4 Å². The van der Waals surface area contributed by atoms with E-state index in [0.29, 0.717) is 31.3 Å². The largest absolute Gasteiger partial charge is 0.296 e. The van der Waals surface area contributed by atoms with Crippen LogP contribution in [0, 0.1) is 28.7 Å². The monoisotopic (exact) mass is 411 g/mol. The van der Waals surface area contributed by atoms with Crippen molar-refractivity contribution in [3.8, 4) is 0 Å². The van der Waals surface area contributed by atoms with Crippen molar-refractivity contribution in [2.75, 3.05) is 26.2 Å². The molecule has 2 aromatic carbocycles. The number of hydrogen-bond donors (Lipinski definition) is 0. The number of nitro groups is 1. The molecule has 2 aromatic rings. The number of rotatable bonds is 5. The van der Waals surface area contributed by atoms with Crippen LogP contribution in [0.4, 0.5) is 14.5 Å². The van der Waals surface area contributed by atoms with Crippen molar-refractivity contribution in [1.29, 1.82) is 0 Å². The summed E-state index contributed by atoms with van der Waals surface area (Å²) < 4.78 is 53.4. The Morgan fingerprint density at radius 2 is 1.79 bits per heavy atom. The second kappa shape index (κ2) is 7.90. The van der Waals surface area contributed by atoms with E-state index in [1.807, 2.05) is 4.90 Å². The predicted octanol–water partition coefficient (Wildman–Crippen LogP) is 2.69. The minimum absolute atomic E-state index is 0.0468. The van der Waals surface area contributed by atoms with Gasteiger partial charge in [0, 0.05) is 50.4 Å². The number of halogens is 2.